The highest BCUT2D eigenvalue weighted by atomic mass is 16.2. The molecule has 0 aliphatic heterocycles. The molecule has 3 aromatic rings. The molecule has 1 aromatic heterocycles. The van der Waals surface area contributed by atoms with E-state index in [1.54, 1.807) is 12.1 Å². The third kappa shape index (κ3) is 6.14. The summed E-state index contributed by atoms with van der Waals surface area (Å²) in [7, 11) is 0. The van der Waals surface area contributed by atoms with Gasteiger partial charge in [0.1, 0.15) is 0 Å². The van der Waals surface area contributed by atoms with E-state index in [4.69, 9.17) is 0 Å². The molecule has 0 saturated heterocycles. The number of amides is 2. The number of anilines is 4. The summed E-state index contributed by atoms with van der Waals surface area (Å²) in [5, 5.41) is 8.74. The van der Waals surface area contributed by atoms with E-state index >= 15 is 0 Å². The lowest BCUT2D eigenvalue weighted by Gasteiger charge is -2.09. The minimum atomic E-state index is -0.127. The minimum Gasteiger partial charge on any atom is -0.326 e. The summed E-state index contributed by atoms with van der Waals surface area (Å²) in [6, 6.07) is 16.5. The lowest BCUT2D eigenvalue weighted by atomic mass is 10.1. The van der Waals surface area contributed by atoms with E-state index in [1.807, 2.05) is 56.3 Å². The van der Waals surface area contributed by atoms with Crippen molar-refractivity contribution < 1.29 is 9.59 Å². The van der Waals surface area contributed by atoms with Crippen molar-refractivity contribution in [1.29, 1.82) is 0 Å². The van der Waals surface area contributed by atoms with Gasteiger partial charge in [-0.2, -0.15) is 0 Å². The normalized spacial score (nSPS) is 10.3. The van der Waals surface area contributed by atoms with E-state index in [2.05, 4.69) is 25.9 Å². The van der Waals surface area contributed by atoms with Gasteiger partial charge in [-0.3, -0.25) is 9.59 Å². The minimum absolute atomic E-state index is 0.115. The third-order valence-electron chi connectivity index (χ3n) is 4.05. The summed E-state index contributed by atoms with van der Waals surface area (Å²) in [6.45, 7) is 5.30. The predicted octanol–water partition coefficient (Wildman–Crippen LogP) is 3.98. The maximum atomic E-state index is 12.3. The van der Waals surface area contributed by atoms with Crippen molar-refractivity contribution in [3.8, 4) is 0 Å². The highest BCUT2D eigenvalue weighted by Crippen LogP contribution is 2.18. The zero-order valence-electron chi connectivity index (χ0n) is 16.6. The van der Waals surface area contributed by atoms with E-state index in [0.717, 1.165) is 22.6 Å². The molecule has 0 fully saturated rings. The lowest BCUT2D eigenvalue weighted by Crippen LogP contribution is -2.14. The van der Waals surface area contributed by atoms with Crippen molar-refractivity contribution in [3.05, 3.63) is 71.5 Å². The van der Waals surface area contributed by atoms with Crippen LogP contribution in [0.1, 0.15) is 23.9 Å². The Bertz CT molecular complexity index is 994. The predicted molar refractivity (Wildman–Crippen MR) is 114 cm³/mol. The number of aryl methyl sites for hydroxylation is 2. The first-order chi connectivity index (χ1) is 13.9. The number of nitrogens with zero attached hydrogens (tertiary/aromatic N) is 2. The van der Waals surface area contributed by atoms with Gasteiger partial charge in [-0.05, 0) is 61.9 Å². The lowest BCUT2D eigenvalue weighted by molar-refractivity contribution is -0.116. The average molecular weight is 389 g/mol. The Kier molecular flexibility index (Phi) is 6.19. The second kappa shape index (κ2) is 8.97. The molecule has 0 atom stereocenters. The van der Waals surface area contributed by atoms with Crippen LogP contribution in [0, 0.1) is 13.8 Å². The van der Waals surface area contributed by atoms with Gasteiger partial charge in [-0.25, -0.2) is 9.97 Å². The average Bonchev–Trinajstić information content (AvgIpc) is 2.64. The van der Waals surface area contributed by atoms with Crippen molar-refractivity contribution in [1.82, 2.24) is 9.97 Å². The molecule has 0 radical (unpaired) electrons. The van der Waals surface area contributed by atoms with Crippen LogP contribution in [-0.4, -0.2) is 21.8 Å². The zero-order chi connectivity index (χ0) is 20.8. The Hall–Kier alpha value is -3.74. The molecule has 0 aliphatic carbocycles. The van der Waals surface area contributed by atoms with E-state index in [-0.39, 0.29) is 18.2 Å². The number of rotatable bonds is 6. The van der Waals surface area contributed by atoms with Gasteiger partial charge in [0, 0.05) is 35.4 Å². The van der Waals surface area contributed by atoms with E-state index in [1.165, 1.54) is 6.92 Å². The molecule has 3 rings (SSSR count). The van der Waals surface area contributed by atoms with Crippen LogP contribution in [0.15, 0.2) is 54.6 Å². The number of nitrogens with one attached hydrogen (secondary N) is 3. The maximum Gasteiger partial charge on any atom is 0.228 e. The zero-order valence-corrected chi connectivity index (χ0v) is 16.6. The van der Waals surface area contributed by atoms with Gasteiger partial charge in [0.05, 0.1) is 6.42 Å². The second-order valence-corrected chi connectivity index (χ2v) is 6.78. The summed E-state index contributed by atoms with van der Waals surface area (Å²) >= 11 is 0. The van der Waals surface area contributed by atoms with Gasteiger partial charge in [-0.15, -0.1) is 0 Å². The molecule has 0 spiro atoms. The highest BCUT2D eigenvalue weighted by molar-refractivity contribution is 5.92. The smallest absolute Gasteiger partial charge is 0.228 e. The van der Waals surface area contributed by atoms with Gasteiger partial charge in [0.25, 0.3) is 0 Å². The molecule has 1 heterocycles. The molecule has 0 bridgehead atoms. The first-order valence-electron chi connectivity index (χ1n) is 9.23. The standard InChI is InChI=1S/C22H23N5O2/c1-14-12-15(2)24-22(23-14)27-20-10-8-19(9-11-20)26-21(29)13-17-4-6-18(7-5-17)25-16(3)28/h4-12H,13H2,1-3H3,(H,25,28)(H,26,29)(H,23,24,27). The third-order valence-corrected chi connectivity index (χ3v) is 4.05. The largest absolute Gasteiger partial charge is 0.326 e. The molecule has 29 heavy (non-hydrogen) atoms. The fraction of sp³-hybridized carbons (Fsp3) is 0.182. The van der Waals surface area contributed by atoms with Crippen molar-refractivity contribution in [3.63, 3.8) is 0 Å². The number of benzene rings is 2. The van der Waals surface area contributed by atoms with Crippen molar-refractivity contribution >= 4 is 34.8 Å². The van der Waals surface area contributed by atoms with Gasteiger partial charge in [0.2, 0.25) is 17.8 Å². The molecule has 0 aliphatic rings. The van der Waals surface area contributed by atoms with Crippen LogP contribution < -0.4 is 16.0 Å². The number of carbonyl (C=O) groups excluding carboxylic acids is 2. The fourth-order valence-corrected chi connectivity index (χ4v) is 2.85. The molecule has 7 nitrogen and oxygen atoms in total. The van der Waals surface area contributed by atoms with Gasteiger partial charge < -0.3 is 16.0 Å². The Labute approximate surface area is 169 Å². The van der Waals surface area contributed by atoms with Gasteiger partial charge in [0.15, 0.2) is 0 Å². The topological polar surface area (TPSA) is 96.0 Å². The first kappa shape index (κ1) is 20.0. The van der Waals surface area contributed by atoms with Crippen molar-refractivity contribution in [2.75, 3.05) is 16.0 Å². The fourth-order valence-electron chi connectivity index (χ4n) is 2.85. The Balaban J connectivity index is 1.56. The monoisotopic (exact) mass is 389 g/mol. The molecule has 0 saturated carbocycles. The molecule has 2 aromatic carbocycles. The second-order valence-electron chi connectivity index (χ2n) is 6.78. The summed E-state index contributed by atoms with van der Waals surface area (Å²) in [5.74, 6) is 0.301. The number of carbonyl (C=O) groups is 2. The van der Waals surface area contributed by atoms with Crippen molar-refractivity contribution in [2.24, 2.45) is 0 Å². The molecule has 3 N–H and O–H groups in total. The van der Waals surface area contributed by atoms with Crippen LogP contribution in [0.2, 0.25) is 0 Å². The van der Waals surface area contributed by atoms with Crippen LogP contribution in [0.3, 0.4) is 0 Å². The maximum absolute atomic E-state index is 12.3. The number of aromatic nitrogens is 2. The Morgan fingerprint density at radius 1 is 0.793 bits per heavy atom. The Morgan fingerprint density at radius 3 is 1.90 bits per heavy atom. The molecule has 148 valence electrons. The summed E-state index contributed by atoms with van der Waals surface area (Å²) in [4.78, 5) is 32.0. The van der Waals surface area contributed by atoms with Crippen LogP contribution in [0.5, 0.6) is 0 Å². The SMILES string of the molecule is CC(=O)Nc1ccc(CC(=O)Nc2ccc(Nc3nc(C)cc(C)n3)cc2)cc1. The molecule has 2 amide bonds. The van der Waals surface area contributed by atoms with Gasteiger partial charge >= 0.3 is 0 Å². The van der Waals surface area contributed by atoms with E-state index in [9.17, 15) is 9.59 Å². The highest BCUT2D eigenvalue weighted by Gasteiger charge is 2.06. The number of hydrogen-bond acceptors (Lipinski definition) is 5. The van der Waals surface area contributed by atoms with Crippen LogP contribution in [0.25, 0.3) is 0 Å². The quantitative estimate of drug-likeness (QED) is 0.593. The van der Waals surface area contributed by atoms with Crippen LogP contribution >= 0.6 is 0 Å². The van der Waals surface area contributed by atoms with Gasteiger partial charge in [-0.1, -0.05) is 12.1 Å². The number of hydrogen-bond donors (Lipinski definition) is 3. The summed E-state index contributed by atoms with van der Waals surface area (Å²) < 4.78 is 0. The van der Waals surface area contributed by atoms with E-state index in [0.29, 0.717) is 17.3 Å². The Morgan fingerprint density at radius 2 is 1.31 bits per heavy atom. The summed E-state index contributed by atoms with van der Waals surface area (Å²) in [5.41, 5.74) is 4.90. The molecular formula is C22H23N5O2. The van der Waals surface area contributed by atoms with E-state index < -0.39 is 0 Å². The molecule has 7 heteroatoms. The summed E-state index contributed by atoms with van der Waals surface area (Å²) in [6.07, 6.45) is 0.247. The molecular weight excluding hydrogens is 366 g/mol. The van der Waals surface area contributed by atoms with Crippen LogP contribution in [0.4, 0.5) is 23.0 Å². The first-order valence-corrected chi connectivity index (χ1v) is 9.23. The van der Waals surface area contributed by atoms with Crippen molar-refractivity contribution in [2.45, 2.75) is 27.2 Å². The molecule has 0 unspecified atom stereocenters. The van der Waals surface area contributed by atoms with Crippen LogP contribution in [-0.2, 0) is 16.0 Å².